The maximum Gasteiger partial charge on any atom is 0.278 e. The predicted octanol–water partition coefficient (Wildman–Crippen LogP) is 2.26. The summed E-state index contributed by atoms with van der Waals surface area (Å²) in [6, 6.07) is 11.7. The van der Waals surface area contributed by atoms with Crippen LogP contribution in [0.5, 0.6) is 5.75 Å². The molecule has 1 atom stereocenters. The van der Waals surface area contributed by atoms with Crippen molar-refractivity contribution in [2.75, 3.05) is 50.1 Å². The van der Waals surface area contributed by atoms with Crippen LogP contribution in [0.1, 0.15) is 12.6 Å². The zero-order chi connectivity index (χ0) is 26.4. The molecule has 0 bridgehead atoms. The van der Waals surface area contributed by atoms with Gasteiger partial charge in [0.25, 0.3) is 5.56 Å². The monoisotopic (exact) mass is 514 g/mol. The molecule has 4 aromatic rings. The molecule has 0 saturated carbocycles. The number of allylic oxidation sites excluding steroid dienone is 1. The molecule has 196 valence electrons. The zero-order valence-corrected chi connectivity index (χ0v) is 21.5. The third-order valence-corrected chi connectivity index (χ3v) is 7.05. The average molecular weight is 515 g/mol. The first-order valence-corrected chi connectivity index (χ1v) is 12.6. The van der Waals surface area contributed by atoms with Gasteiger partial charge in [0.1, 0.15) is 29.0 Å². The molecular formula is C27H30N8O3. The molecule has 0 aliphatic carbocycles. The minimum absolute atomic E-state index is 0.120. The van der Waals surface area contributed by atoms with Crippen LogP contribution in [0.25, 0.3) is 16.9 Å². The van der Waals surface area contributed by atoms with Crippen molar-refractivity contribution in [3.8, 4) is 11.6 Å². The molecule has 1 saturated heterocycles. The number of benzene rings is 1. The van der Waals surface area contributed by atoms with E-state index in [9.17, 15) is 9.90 Å². The third-order valence-electron chi connectivity index (χ3n) is 7.05. The Balaban J connectivity index is 1.36. The number of piperazine rings is 1. The lowest BCUT2D eigenvalue weighted by molar-refractivity contribution is 0.0320. The summed E-state index contributed by atoms with van der Waals surface area (Å²) in [5.74, 6) is 1.31. The van der Waals surface area contributed by atoms with E-state index in [0.717, 1.165) is 31.9 Å². The van der Waals surface area contributed by atoms with Crippen LogP contribution in [0.15, 0.2) is 60.0 Å². The fraction of sp³-hybridized carbons (Fsp3) is 0.333. The number of hydrogen-bond donors (Lipinski definition) is 2. The van der Waals surface area contributed by atoms with Crippen LogP contribution < -0.4 is 20.5 Å². The van der Waals surface area contributed by atoms with Crippen molar-refractivity contribution in [3.63, 3.8) is 0 Å². The average Bonchev–Trinajstić information content (AvgIpc) is 3.37. The number of rotatable bonds is 6. The molecule has 1 fully saturated rings. The highest BCUT2D eigenvalue weighted by Crippen LogP contribution is 2.36. The molecule has 0 radical (unpaired) electrons. The van der Waals surface area contributed by atoms with Crippen molar-refractivity contribution in [1.29, 1.82) is 0 Å². The summed E-state index contributed by atoms with van der Waals surface area (Å²) in [5.41, 5.74) is 1.35. The fourth-order valence-electron chi connectivity index (χ4n) is 4.90. The normalized spacial score (nSPS) is 19.4. The van der Waals surface area contributed by atoms with Gasteiger partial charge < -0.3 is 25.0 Å². The van der Waals surface area contributed by atoms with E-state index in [1.165, 1.54) is 16.6 Å². The van der Waals surface area contributed by atoms with Crippen LogP contribution in [0.2, 0.25) is 0 Å². The van der Waals surface area contributed by atoms with Crippen molar-refractivity contribution in [2.45, 2.75) is 19.1 Å². The van der Waals surface area contributed by atoms with E-state index >= 15 is 0 Å². The Hall–Kier alpha value is -4.22. The molecule has 1 aromatic carbocycles. The molecule has 11 heteroatoms. The van der Waals surface area contributed by atoms with Crippen LogP contribution in [-0.2, 0) is 12.1 Å². The number of nitrogens with one attached hydrogen (secondary N) is 1. The van der Waals surface area contributed by atoms with Gasteiger partial charge >= 0.3 is 0 Å². The van der Waals surface area contributed by atoms with Crippen molar-refractivity contribution in [1.82, 2.24) is 29.2 Å². The lowest BCUT2D eigenvalue weighted by atomic mass is 10.1. The largest absolute Gasteiger partial charge is 0.488 e. The summed E-state index contributed by atoms with van der Waals surface area (Å²) in [4.78, 5) is 31.7. The van der Waals surface area contributed by atoms with Crippen molar-refractivity contribution in [2.24, 2.45) is 0 Å². The first-order chi connectivity index (χ1) is 18.3. The van der Waals surface area contributed by atoms with Gasteiger partial charge in [0.15, 0.2) is 11.5 Å². The Bertz CT molecular complexity index is 1570. The maximum absolute atomic E-state index is 13.2. The number of ether oxygens (including phenoxy) is 1. The number of aliphatic hydroxyl groups is 1. The lowest BCUT2D eigenvalue weighted by Gasteiger charge is -2.34. The minimum atomic E-state index is -1.23. The van der Waals surface area contributed by atoms with Crippen LogP contribution in [-0.4, -0.2) is 74.2 Å². The molecule has 0 amide bonds. The molecule has 38 heavy (non-hydrogen) atoms. The van der Waals surface area contributed by atoms with Gasteiger partial charge in [-0.1, -0.05) is 6.08 Å². The summed E-state index contributed by atoms with van der Waals surface area (Å²) in [7, 11) is 2.14. The highest BCUT2D eigenvalue weighted by atomic mass is 16.5. The van der Waals surface area contributed by atoms with E-state index in [1.54, 1.807) is 29.8 Å². The van der Waals surface area contributed by atoms with E-state index < -0.39 is 5.60 Å². The van der Waals surface area contributed by atoms with Crippen molar-refractivity contribution < 1.29 is 9.84 Å². The van der Waals surface area contributed by atoms with E-state index in [2.05, 4.69) is 50.8 Å². The van der Waals surface area contributed by atoms with E-state index in [-0.39, 0.29) is 18.7 Å². The standard InChI is InChI=1S/C27H30N8O3/c1-4-11-34-25(36)20-16-28-26(29-18-5-7-19(8-6-18)33-14-12-32(3)13-15-33)31-24(20)35(34)22-10-9-21-23(30-22)27(2,37)17-38-21/h4-10,16,37H,1,11-15,17H2,2-3H3,(H,28,29,31). The fourth-order valence-corrected chi connectivity index (χ4v) is 4.90. The van der Waals surface area contributed by atoms with Gasteiger partial charge in [-0.3, -0.25) is 4.79 Å². The van der Waals surface area contributed by atoms with Crippen molar-refractivity contribution >= 4 is 28.4 Å². The smallest absolute Gasteiger partial charge is 0.278 e. The second-order valence-corrected chi connectivity index (χ2v) is 9.96. The minimum Gasteiger partial charge on any atom is -0.488 e. The molecule has 3 aromatic heterocycles. The molecule has 1 unspecified atom stereocenters. The molecule has 2 aliphatic heterocycles. The summed E-state index contributed by atoms with van der Waals surface area (Å²) >= 11 is 0. The number of hydrogen-bond acceptors (Lipinski definition) is 9. The summed E-state index contributed by atoms with van der Waals surface area (Å²) in [6.45, 7) is 9.91. The quantitative estimate of drug-likeness (QED) is 0.374. The van der Waals surface area contributed by atoms with Gasteiger partial charge in [-0.05, 0) is 50.4 Å². The van der Waals surface area contributed by atoms with E-state index in [4.69, 9.17) is 9.72 Å². The number of nitrogens with zero attached hydrogens (tertiary/aromatic N) is 7. The number of pyridine rings is 1. The Morgan fingerprint density at radius 2 is 1.89 bits per heavy atom. The zero-order valence-electron chi connectivity index (χ0n) is 21.5. The van der Waals surface area contributed by atoms with Gasteiger partial charge in [-0.15, -0.1) is 6.58 Å². The first kappa shape index (κ1) is 24.1. The van der Waals surface area contributed by atoms with E-state index in [0.29, 0.717) is 34.2 Å². The van der Waals surface area contributed by atoms with E-state index in [1.807, 2.05) is 12.1 Å². The molecule has 11 nitrogen and oxygen atoms in total. The topological polar surface area (TPSA) is 114 Å². The molecular weight excluding hydrogens is 484 g/mol. The van der Waals surface area contributed by atoms with Crippen LogP contribution in [0.3, 0.4) is 0 Å². The Morgan fingerprint density at radius 3 is 2.63 bits per heavy atom. The predicted molar refractivity (Wildman–Crippen MR) is 146 cm³/mol. The van der Waals surface area contributed by atoms with Gasteiger partial charge in [0.05, 0.1) is 6.54 Å². The molecule has 2 aliphatic rings. The molecule has 6 rings (SSSR count). The lowest BCUT2D eigenvalue weighted by Crippen LogP contribution is -2.44. The summed E-state index contributed by atoms with van der Waals surface area (Å²) in [5, 5.41) is 14.3. The number of fused-ring (bicyclic) bond motifs is 2. The van der Waals surface area contributed by atoms with Crippen molar-refractivity contribution in [3.05, 3.63) is 71.3 Å². The molecule has 2 N–H and O–H groups in total. The number of likely N-dealkylation sites (N-methyl/N-ethyl adjacent to an activating group) is 1. The highest BCUT2D eigenvalue weighted by Gasteiger charge is 2.36. The Kier molecular flexibility index (Phi) is 5.88. The molecule has 5 heterocycles. The summed E-state index contributed by atoms with van der Waals surface area (Å²) < 4.78 is 8.70. The second kappa shape index (κ2) is 9.26. The van der Waals surface area contributed by atoms with Crippen LogP contribution >= 0.6 is 0 Å². The summed E-state index contributed by atoms with van der Waals surface area (Å²) in [6.07, 6.45) is 3.16. The highest BCUT2D eigenvalue weighted by molar-refractivity contribution is 5.77. The van der Waals surface area contributed by atoms with Gasteiger partial charge in [-0.2, -0.15) is 4.98 Å². The van der Waals surface area contributed by atoms with Crippen LogP contribution in [0.4, 0.5) is 17.3 Å². The second-order valence-electron chi connectivity index (χ2n) is 9.96. The van der Waals surface area contributed by atoms with Gasteiger partial charge in [0, 0.05) is 43.8 Å². The SMILES string of the molecule is C=CCn1c(=O)c2cnc(Nc3ccc(N4CCN(C)CC4)cc3)nc2n1-c1ccc2c(n1)C(C)(O)CO2. The Labute approximate surface area is 219 Å². The number of anilines is 3. The van der Waals surface area contributed by atoms with Crippen LogP contribution in [0, 0.1) is 0 Å². The van der Waals surface area contributed by atoms with Gasteiger partial charge in [-0.25, -0.2) is 19.3 Å². The third kappa shape index (κ3) is 4.19. The number of aromatic nitrogens is 5. The van der Waals surface area contributed by atoms with Gasteiger partial charge in [0.2, 0.25) is 5.95 Å². The first-order valence-electron chi connectivity index (χ1n) is 12.6. The maximum atomic E-state index is 13.2. The molecule has 0 spiro atoms. The Morgan fingerprint density at radius 1 is 1.13 bits per heavy atom.